The summed E-state index contributed by atoms with van der Waals surface area (Å²) in [7, 11) is -0.804. The number of hydrogen-bond acceptors (Lipinski definition) is 7. The molecule has 0 fully saturated rings. The first-order valence-corrected chi connectivity index (χ1v) is 11.1. The molecule has 3 rings (SSSR count). The molecule has 0 bridgehead atoms. The molecule has 0 atom stereocenters. The second-order valence-electron chi connectivity index (χ2n) is 6.75. The van der Waals surface area contributed by atoms with Gasteiger partial charge in [0, 0.05) is 12.1 Å². The number of nitrogens with zero attached hydrogens (tertiary/aromatic N) is 1. The van der Waals surface area contributed by atoms with Crippen LogP contribution in [0.1, 0.15) is 21.7 Å². The van der Waals surface area contributed by atoms with Crippen molar-refractivity contribution in [2.24, 2.45) is 0 Å². The third-order valence-corrected chi connectivity index (χ3v) is 4.86. The van der Waals surface area contributed by atoms with Crippen molar-refractivity contribution in [1.82, 2.24) is 4.90 Å². The van der Waals surface area contributed by atoms with E-state index in [0.717, 1.165) is 6.26 Å². The SMILES string of the molecule is COc1cccc(C(=O)N(Cc2ccc(OC)c(OS(C)(=O)=O)c2)Cc2ccco2)c1. The Balaban J connectivity index is 1.93. The van der Waals surface area contributed by atoms with E-state index in [2.05, 4.69) is 0 Å². The van der Waals surface area contributed by atoms with E-state index in [1.165, 1.54) is 26.5 Å². The molecule has 8 nitrogen and oxygen atoms in total. The number of carbonyl (C=O) groups is 1. The maximum absolute atomic E-state index is 13.3. The predicted octanol–water partition coefficient (Wildman–Crippen LogP) is 3.48. The molecular weight excluding hydrogens is 422 g/mol. The van der Waals surface area contributed by atoms with Crippen molar-refractivity contribution in [3.8, 4) is 17.2 Å². The van der Waals surface area contributed by atoms with Crippen molar-refractivity contribution in [2.75, 3.05) is 20.5 Å². The van der Waals surface area contributed by atoms with Crippen LogP contribution in [0.3, 0.4) is 0 Å². The summed E-state index contributed by atoms with van der Waals surface area (Å²) in [6.45, 7) is 0.401. The van der Waals surface area contributed by atoms with E-state index in [1.54, 1.807) is 53.4 Å². The first-order valence-electron chi connectivity index (χ1n) is 9.31. The van der Waals surface area contributed by atoms with Gasteiger partial charge in [0.1, 0.15) is 11.5 Å². The normalized spacial score (nSPS) is 11.1. The summed E-state index contributed by atoms with van der Waals surface area (Å²) in [4.78, 5) is 14.8. The summed E-state index contributed by atoms with van der Waals surface area (Å²) in [6.07, 6.45) is 2.49. The third kappa shape index (κ3) is 6.02. The molecule has 1 aromatic heterocycles. The smallest absolute Gasteiger partial charge is 0.306 e. The largest absolute Gasteiger partial charge is 0.497 e. The van der Waals surface area contributed by atoms with Crippen molar-refractivity contribution in [3.63, 3.8) is 0 Å². The lowest BCUT2D eigenvalue weighted by Gasteiger charge is -2.23. The van der Waals surface area contributed by atoms with Crippen LogP contribution in [-0.2, 0) is 23.2 Å². The van der Waals surface area contributed by atoms with E-state index in [9.17, 15) is 13.2 Å². The van der Waals surface area contributed by atoms with Crippen LogP contribution in [-0.4, -0.2) is 39.7 Å². The Bertz CT molecular complexity index is 1140. The number of amides is 1. The van der Waals surface area contributed by atoms with E-state index >= 15 is 0 Å². The van der Waals surface area contributed by atoms with Gasteiger partial charge >= 0.3 is 10.1 Å². The minimum Gasteiger partial charge on any atom is -0.497 e. The van der Waals surface area contributed by atoms with Gasteiger partial charge in [-0.25, -0.2) is 0 Å². The minimum absolute atomic E-state index is 0.0503. The van der Waals surface area contributed by atoms with E-state index in [1.807, 2.05) is 0 Å². The minimum atomic E-state index is -3.75. The van der Waals surface area contributed by atoms with Crippen molar-refractivity contribution < 1.29 is 31.3 Å². The zero-order valence-corrected chi connectivity index (χ0v) is 18.2. The number of furan rings is 1. The Morgan fingerprint density at radius 2 is 1.77 bits per heavy atom. The summed E-state index contributed by atoms with van der Waals surface area (Å²) in [5, 5.41) is 0. The number of methoxy groups -OCH3 is 2. The number of benzene rings is 2. The molecule has 2 aromatic carbocycles. The molecule has 164 valence electrons. The first-order chi connectivity index (χ1) is 14.8. The topological polar surface area (TPSA) is 95.3 Å². The highest BCUT2D eigenvalue weighted by Gasteiger charge is 2.20. The van der Waals surface area contributed by atoms with Gasteiger partial charge in [-0.15, -0.1) is 0 Å². The van der Waals surface area contributed by atoms with Gasteiger partial charge in [-0.05, 0) is 48.0 Å². The molecule has 0 radical (unpaired) electrons. The first kappa shape index (κ1) is 22.2. The van der Waals surface area contributed by atoms with Gasteiger partial charge < -0.3 is 23.0 Å². The molecule has 3 aromatic rings. The monoisotopic (exact) mass is 445 g/mol. The molecule has 0 saturated carbocycles. The molecule has 0 N–H and O–H groups in total. The molecular formula is C22H23NO7S. The Hall–Kier alpha value is -3.46. The molecule has 0 spiro atoms. The third-order valence-electron chi connectivity index (χ3n) is 4.37. The lowest BCUT2D eigenvalue weighted by atomic mass is 10.1. The maximum atomic E-state index is 13.3. The van der Waals surface area contributed by atoms with Crippen molar-refractivity contribution in [2.45, 2.75) is 13.1 Å². The highest BCUT2D eigenvalue weighted by molar-refractivity contribution is 7.86. The Morgan fingerprint density at radius 1 is 0.968 bits per heavy atom. The van der Waals surface area contributed by atoms with Crippen LogP contribution in [0.15, 0.2) is 65.3 Å². The van der Waals surface area contributed by atoms with Gasteiger partial charge in [-0.1, -0.05) is 12.1 Å². The van der Waals surface area contributed by atoms with Crippen LogP contribution in [0, 0.1) is 0 Å². The number of hydrogen-bond donors (Lipinski definition) is 0. The van der Waals surface area contributed by atoms with Crippen LogP contribution in [0.5, 0.6) is 17.2 Å². The van der Waals surface area contributed by atoms with E-state index in [4.69, 9.17) is 18.1 Å². The Kier molecular flexibility index (Phi) is 6.86. The average Bonchev–Trinajstić information content (AvgIpc) is 3.25. The lowest BCUT2D eigenvalue weighted by Crippen LogP contribution is -2.30. The fourth-order valence-corrected chi connectivity index (χ4v) is 3.45. The molecule has 0 aliphatic heterocycles. The zero-order valence-electron chi connectivity index (χ0n) is 17.4. The quantitative estimate of drug-likeness (QED) is 0.465. The summed E-state index contributed by atoms with van der Waals surface area (Å²) >= 11 is 0. The van der Waals surface area contributed by atoms with E-state index in [0.29, 0.717) is 22.6 Å². The Labute approximate surface area is 181 Å². The van der Waals surface area contributed by atoms with Crippen molar-refractivity contribution in [1.29, 1.82) is 0 Å². The van der Waals surface area contributed by atoms with Gasteiger partial charge in [0.25, 0.3) is 5.91 Å². The van der Waals surface area contributed by atoms with Crippen LogP contribution >= 0.6 is 0 Å². The van der Waals surface area contributed by atoms with Gasteiger partial charge in [-0.2, -0.15) is 8.42 Å². The average molecular weight is 445 g/mol. The van der Waals surface area contributed by atoms with Crippen molar-refractivity contribution >= 4 is 16.0 Å². The van der Waals surface area contributed by atoms with Crippen molar-refractivity contribution in [3.05, 3.63) is 77.7 Å². The van der Waals surface area contributed by atoms with Crippen LogP contribution < -0.4 is 13.7 Å². The molecule has 1 amide bonds. The maximum Gasteiger partial charge on any atom is 0.306 e. The van der Waals surface area contributed by atoms with E-state index in [-0.39, 0.29) is 30.5 Å². The van der Waals surface area contributed by atoms with Crippen LogP contribution in [0.2, 0.25) is 0 Å². The zero-order chi connectivity index (χ0) is 22.4. The van der Waals surface area contributed by atoms with Gasteiger partial charge in [-0.3, -0.25) is 4.79 Å². The van der Waals surface area contributed by atoms with Gasteiger partial charge in [0.05, 0.1) is 33.3 Å². The predicted molar refractivity (Wildman–Crippen MR) is 114 cm³/mol. The van der Waals surface area contributed by atoms with E-state index < -0.39 is 10.1 Å². The van der Waals surface area contributed by atoms with Gasteiger partial charge in [0.2, 0.25) is 0 Å². The molecule has 0 unspecified atom stereocenters. The number of carbonyl (C=O) groups excluding carboxylic acids is 1. The lowest BCUT2D eigenvalue weighted by molar-refractivity contribution is 0.0717. The number of rotatable bonds is 9. The highest BCUT2D eigenvalue weighted by atomic mass is 32.2. The Morgan fingerprint density at radius 3 is 2.42 bits per heavy atom. The fourth-order valence-electron chi connectivity index (χ4n) is 3.00. The highest BCUT2D eigenvalue weighted by Crippen LogP contribution is 2.30. The molecule has 0 aliphatic rings. The molecule has 1 heterocycles. The molecule has 0 saturated heterocycles. The molecule has 9 heteroatoms. The summed E-state index contributed by atoms with van der Waals surface area (Å²) in [6, 6.07) is 15.2. The molecule has 31 heavy (non-hydrogen) atoms. The summed E-state index contributed by atoms with van der Waals surface area (Å²) in [5.74, 6) is 1.26. The standard InChI is InChI=1S/C22H23NO7S/c1-27-18-7-4-6-17(13-18)22(24)23(15-19-8-5-11-29-19)14-16-9-10-20(28-2)21(12-16)30-31(3,25)26/h4-13H,14-15H2,1-3H3. The fraction of sp³-hybridized carbons (Fsp3) is 0.227. The second kappa shape index (κ2) is 9.57. The number of ether oxygens (including phenoxy) is 2. The summed E-state index contributed by atoms with van der Waals surface area (Å²) < 4.78 is 44.1. The summed E-state index contributed by atoms with van der Waals surface area (Å²) in [5.41, 5.74) is 1.11. The van der Waals surface area contributed by atoms with Crippen LogP contribution in [0.25, 0.3) is 0 Å². The molecule has 0 aliphatic carbocycles. The van der Waals surface area contributed by atoms with Crippen LogP contribution in [0.4, 0.5) is 0 Å². The second-order valence-corrected chi connectivity index (χ2v) is 8.32. The van der Waals surface area contributed by atoms with Gasteiger partial charge in [0.15, 0.2) is 11.5 Å².